The Kier molecular flexibility index (Phi) is 5.34. The number of rotatable bonds is 4. The van der Waals surface area contributed by atoms with E-state index in [0.29, 0.717) is 13.1 Å². The number of amides is 1. The van der Waals surface area contributed by atoms with Crippen molar-refractivity contribution < 1.29 is 9.18 Å². The van der Waals surface area contributed by atoms with Gasteiger partial charge in [0, 0.05) is 19.2 Å². The summed E-state index contributed by atoms with van der Waals surface area (Å²) in [5, 5.41) is 6.54. The van der Waals surface area contributed by atoms with Gasteiger partial charge in [-0.15, -0.1) is 11.3 Å². The van der Waals surface area contributed by atoms with E-state index in [1.54, 1.807) is 40.5 Å². The van der Waals surface area contributed by atoms with Gasteiger partial charge in [0.2, 0.25) is 5.91 Å². The van der Waals surface area contributed by atoms with Crippen LogP contribution in [-0.4, -0.2) is 33.7 Å². The van der Waals surface area contributed by atoms with Crippen molar-refractivity contribution in [2.75, 3.05) is 13.1 Å². The molecule has 3 aromatic rings. The third-order valence-electron chi connectivity index (χ3n) is 4.96. The second-order valence-corrected chi connectivity index (χ2v) is 7.87. The molecule has 1 atom stereocenters. The fraction of sp³-hybridized carbons (Fsp3) is 0.286. The van der Waals surface area contributed by atoms with E-state index < -0.39 is 0 Å². The number of piperidine rings is 1. The van der Waals surface area contributed by atoms with Crippen molar-refractivity contribution in [3.8, 4) is 10.6 Å². The van der Waals surface area contributed by atoms with Crippen molar-refractivity contribution >= 4 is 17.2 Å². The number of nitrogens with zero attached hydrogens (tertiary/aromatic N) is 3. The molecule has 0 spiro atoms. The molecular formula is C21H20FN3O2S. The zero-order chi connectivity index (χ0) is 19.5. The largest absolute Gasteiger partial charge is 0.340 e. The number of benzene rings is 1. The zero-order valence-electron chi connectivity index (χ0n) is 15.3. The molecule has 4 rings (SSSR count). The van der Waals surface area contributed by atoms with Gasteiger partial charge in [0.05, 0.1) is 17.3 Å². The lowest BCUT2D eigenvalue weighted by molar-refractivity contribution is -0.132. The minimum absolute atomic E-state index is 0.0150. The molecule has 144 valence electrons. The molecule has 1 saturated heterocycles. The maximum absolute atomic E-state index is 13.1. The average Bonchev–Trinajstić information content (AvgIpc) is 3.25. The standard InChI is InChI=1S/C21H20FN3O2S/c22-16-7-5-15(6-8-16)13-21(27)24-11-1-3-17(14-24)25-20(26)10-9-18(23-25)19-4-2-12-28-19/h2,4-10,12,17H,1,3,11,13-14H2/t17-/m0/s1. The van der Waals surface area contributed by atoms with Crippen molar-refractivity contribution in [1.82, 2.24) is 14.7 Å². The van der Waals surface area contributed by atoms with Crippen LogP contribution in [0.15, 0.2) is 58.7 Å². The lowest BCUT2D eigenvalue weighted by Crippen LogP contribution is -2.44. The number of carbonyl (C=O) groups is 1. The molecule has 1 aromatic carbocycles. The van der Waals surface area contributed by atoms with Gasteiger partial charge >= 0.3 is 0 Å². The molecule has 1 aliphatic heterocycles. The van der Waals surface area contributed by atoms with E-state index in [4.69, 9.17) is 0 Å². The van der Waals surface area contributed by atoms with Gasteiger partial charge < -0.3 is 4.90 Å². The minimum atomic E-state index is -0.315. The number of aromatic nitrogens is 2. The third kappa shape index (κ3) is 4.04. The van der Waals surface area contributed by atoms with Gasteiger partial charge in [-0.1, -0.05) is 18.2 Å². The highest BCUT2D eigenvalue weighted by Gasteiger charge is 2.26. The molecule has 0 bridgehead atoms. The molecule has 1 aliphatic rings. The molecule has 28 heavy (non-hydrogen) atoms. The van der Waals surface area contributed by atoms with Crippen LogP contribution in [0.1, 0.15) is 24.4 Å². The SMILES string of the molecule is O=C(Cc1ccc(F)cc1)N1CCC[C@H](n2nc(-c3cccs3)ccc2=O)C1. The summed E-state index contributed by atoms with van der Waals surface area (Å²) in [7, 11) is 0. The first-order valence-electron chi connectivity index (χ1n) is 9.26. The summed E-state index contributed by atoms with van der Waals surface area (Å²) in [5.74, 6) is -0.330. The number of thiophene rings is 1. The normalized spacial score (nSPS) is 16.9. The van der Waals surface area contributed by atoms with E-state index in [9.17, 15) is 14.0 Å². The molecular weight excluding hydrogens is 377 g/mol. The number of carbonyl (C=O) groups excluding carboxylic acids is 1. The summed E-state index contributed by atoms with van der Waals surface area (Å²) in [6, 6.07) is 13.1. The molecule has 2 aromatic heterocycles. The first-order chi connectivity index (χ1) is 13.6. The van der Waals surface area contributed by atoms with Crippen LogP contribution >= 0.6 is 11.3 Å². The van der Waals surface area contributed by atoms with Crippen molar-refractivity contribution in [3.05, 3.63) is 75.6 Å². The summed E-state index contributed by atoms with van der Waals surface area (Å²) in [4.78, 5) is 27.9. The highest BCUT2D eigenvalue weighted by Crippen LogP contribution is 2.24. The van der Waals surface area contributed by atoms with Crippen LogP contribution in [0.2, 0.25) is 0 Å². The smallest absolute Gasteiger partial charge is 0.267 e. The first-order valence-corrected chi connectivity index (χ1v) is 10.1. The molecule has 0 radical (unpaired) electrons. The van der Waals surface area contributed by atoms with Crippen molar-refractivity contribution in [2.45, 2.75) is 25.3 Å². The van der Waals surface area contributed by atoms with Gasteiger partial charge in [0.15, 0.2) is 0 Å². The summed E-state index contributed by atoms with van der Waals surface area (Å²) in [6.07, 6.45) is 1.85. The Hall–Kier alpha value is -2.80. The monoisotopic (exact) mass is 397 g/mol. The Labute approximate surface area is 166 Å². The van der Waals surface area contributed by atoms with E-state index in [-0.39, 0.29) is 29.7 Å². The van der Waals surface area contributed by atoms with Crippen LogP contribution in [0.4, 0.5) is 4.39 Å². The van der Waals surface area contributed by atoms with Crippen LogP contribution in [-0.2, 0) is 11.2 Å². The van der Waals surface area contributed by atoms with Crippen LogP contribution in [0.25, 0.3) is 10.6 Å². The topological polar surface area (TPSA) is 55.2 Å². The van der Waals surface area contributed by atoms with E-state index in [2.05, 4.69) is 5.10 Å². The second-order valence-electron chi connectivity index (χ2n) is 6.92. The number of hydrogen-bond donors (Lipinski definition) is 0. The number of hydrogen-bond acceptors (Lipinski definition) is 4. The van der Waals surface area contributed by atoms with E-state index in [0.717, 1.165) is 29.0 Å². The third-order valence-corrected chi connectivity index (χ3v) is 5.85. The molecule has 1 fully saturated rings. The van der Waals surface area contributed by atoms with Gasteiger partial charge in [-0.3, -0.25) is 9.59 Å². The van der Waals surface area contributed by atoms with Crippen LogP contribution in [0.5, 0.6) is 0 Å². The lowest BCUT2D eigenvalue weighted by atomic mass is 10.0. The molecule has 3 heterocycles. The van der Waals surface area contributed by atoms with Gasteiger partial charge in [-0.05, 0) is 48.1 Å². The van der Waals surface area contributed by atoms with Gasteiger partial charge in [0.25, 0.3) is 5.56 Å². The quantitative estimate of drug-likeness (QED) is 0.677. The van der Waals surface area contributed by atoms with Crippen molar-refractivity contribution in [3.63, 3.8) is 0 Å². The Bertz CT molecular complexity index is 1010. The molecule has 1 amide bonds. The molecule has 5 nitrogen and oxygen atoms in total. The second kappa shape index (κ2) is 8.06. The Morgan fingerprint density at radius 1 is 1.18 bits per heavy atom. The van der Waals surface area contributed by atoms with E-state index in [1.165, 1.54) is 16.8 Å². The molecule has 7 heteroatoms. The number of halogens is 1. The Morgan fingerprint density at radius 2 is 2.00 bits per heavy atom. The molecule has 0 aliphatic carbocycles. The number of likely N-dealkylation sites (tertiary alicyclic amines) is 1. The summed E-state index contributed by atoms with van der Waals surface area (Å²) in [6.45, 7) is 1.12. The Morgan fingerprint density at radius 3 is 2.75 bits per heavy atom. The minimum Gasteiger partial charge on any atom is -0.340 e. The van der Waals surface area contributed by atoms with E-state index >= 15 is 0 Å². The fourth-order valence-electron chi connectivity index (χ4n) is 3.51. The summed E-state index contributed by atoms with van der Waals surface area (Å²) >= 11 is 1.58. The van der Waals surface area contributed by atoms with Crippen LogP contribution < -0.4 is 5.56 Å². The molecule has 0 saturated carbocycles. The van der Waals surface area contributed by atoms with Gasteiger partial charge in [-0.25, -0.2) is 9.07 Å². The van der Waals surface area contributed by atoms with E-state index in [1.807, 2.05) is 17.5 Å². The Balaban J connectivity index is 1.50. The predicted octanol–water partition coefficient (Wildman–Crippen LogP) is 3.52. The highest BCUT2D eigenvalue weighted by atomic mass is 32.1. The van der Waals surface area contributed by atoms with Crippen molar-refractivity contribution in [2.24, 2.45) is 0 Å². The van der Waals surface area contributed by atoms with Crippen molar-refractivity contribution in [1.29, 1.82) is 0 Å². The maximum atomic E-state index is 13.1. The van der Waals surface area contributed by atoms with Gasteiger partial charge in [0.1, 0.15) is 11.5 Å². The van der Waals surface area contributed by atoms with Gasteiger partial charge in [-0.2, -0.15) is 5.10 Å². The summed E-state index contributed by atoms with van der Waals surface area (Å²) < 4.78 is 14.6. The van der Waals surface area contributed by atoms with Crippen LogP contribution in [0, 0.1) is 5.82 Å². The molecule has 0 unspecified atom stereocenters. The summed E-state index contributed by atoms with van der Waals surface area (Å²) in [5.41, 5.74) is 1.39. The van der Waals surface area contributed by atoms with Crippen LogP contribution in [0.3, 0.4) is 0 Å². The maximum Gasteiger partial charge on any atom is 0.267 e. The lowest BCUT2D eigenvalue weighted by Gasteiger charge is -2.33. The zero-order valence-corrected chi connectivity index (χ0v) is 16.1. The first kappa shape index (κ1) is 18.6. The highest BCUT2D eigenvalue weighted by molar-refractivity contribution is 7.13. The average molecular weight is 397 g/mol. The predicted molar refractivity (Wildman–Crippen MR) is 107 cm³/mol. The molecule has 0 N–H and O–H groups in total. The fourth-order valence-corrected chi connectivity index (χ4v) is 4.20.